The molecular weight excluding hydrogens is 358 g/mol. The predicted octanol–water partition coefficient (Wildman–Crippen LogP) is 2.07. The van der Waals surface area contributed by atoms with Crippen molar-refractivity contribution in [3.05, 3.63) is 29.3 Å². The highest BCUT2D eigenvalue weighted by atomic mass is 16.2. The summed E-state index contributed by atoms with van der Waals surface area (Å²) in [6.07, 6.45) is 4.60. The summed E-state index contributed by atoms with van der Waals surface area (Å²) in [5.74, 6) is -1.38. The molecule has 28 heavy (non-hydrogen) atoms. The van der Waals surface area contributed by atoms with Crippen LogP contribution in [0.2, 0.25) is 0 Å². The Balaban J connectivity index is 1.51. The first kappa shape index (κ1) is 20.0. The van der Waals surface area contributed by atoms with Gasteiger partial charge in [-0.3, -0.25) is 24.1 Å². The number of nitrogens with zero attached hydrogens (tertiary/aromatic N) is 1. The van der Waals surface area contributed by atoms with Crippen LogP contribution < -0.4 is 10.6 Å². The van der Waals surface area contributed by atoms with Crippen LogP contribution in [0.25, 0.3) is 0 Å². The molecule has 2 N–H and O–H groups in total. The number of carbonyl (C=O) groups excluding carboxylic acids is 4. The van der Waals surface area contributed by atoms with Gasteiger partial charge in [0.25, 0.3) is 0 Å². The molecule has 3 rings (SSSR count). The summed E-state index contributed by atoms with van der Waals surface area (Å²) in [7, 11) is 0. The molecule has 0 aromatic heterocycles. The van der Waals surface area contributed by atoms with Crippen molar-refractivity contribution < 1.29 is 19.2 Å². The molecule has 1 aromatic carbocycles. The van der Waals surface area contributed by atoms with Crippen molar-refractivity contribution in [2.75, 3.05) is 18.4 Å². The normalized spacial score (nSPS) is 18.4. The van der Waals surface area contributed by atoms with E-state index in [0.717, 1.165) is 35.3 Å². The van der Waals surface area contributed by atoms with Gasteiger partial charge in [0.15, 0.2) is 0 Å². The van der Waals surface area contributed by atoms with E-state index >= 15 is 0 Å². The SMILES string of the molecule is Cc1cccc(NC(=O)CNC(=O)CN2C(=O)CC3(CCCCC3)C2=O)c1C. The Bertz CT molecular complexity index is 812. The lowest BCUT2D eigenvalue weighted by atomic mass is 9.73. The largest absolute Gasteiger partial charge is 0.345 e. The van der Waals surface area contributed by atoms with Crippen molar-refractivity contribution in [1.29, 1.82) is 0 Å². The van der Waals surface area contributed by atoms with E-state index in [1.807, 2.05) is 26.0 Å². The number of likely N-dealkylation sites (tertiary alicyclic amines) is 1. The Morgan fingerprint density at radius 3 is 2.50 bits per heavy atom. The van der Waals surface area contributed by atoms with Crippen molar-refractivity contribution in [2.45, 2.75) is 52.4 Å². The van der Waals surface area contributed by atoms with Gasteiger partial charge in [-0.2, -0.15) is 0 Å². The second-order valence-electron chi connectivity index (χ2n) is 7.88. The summed E-state index contributed by atoms with van der Waals surface area (Å²) in [6.45, 7) is 3.33. The maximum Gasteiger partial charge on any atom is 0.243 e. The van der Waals surface area contributed by atoms with Crippen molar-refractivity contribution in [3.8, 4) is 0 Å². The molecule has 1 aliphatic carbocycles. The first-order valence-electron chi connectivity index (χ1n) is 9.80. The number of aryl methyl sites for hydroxylation is 1. The molecule has 150 valence electrons. The van der Waals surface area contributed by atoms with Crippen molar-refractivity contribution >= 4 is 29.3 Å². The molecule has 1 saturated heterocycles. The average Bonchev–Trinajstić information content (AvgIpc) is 2.88. The van der Waals surface area contributed by atoms with E-state index in [1.54, 1.807) is 6.07 Å². The Morgan fingerprint density at radius 1 is 1.07 bits per heavy atom. The smallest absolute Gasteiger partial charge is 0.243 e. The summed E-state index contributed by atoms with van der Waals surface area (Å²) in [6, 6.07) is 5.60. The topological polar surface area (TPSA) is 95.6 Å². The summed E-state index contributed by atoms with van der Waals surface area (Å²) in [5, 5.41) is 5.26. The third kappa shape index (κ3) is 4.08. The Labute approximate surface area is 164 Å². The molecule has 1 aromatic rings. The number of hydrogen-bond donors (Lipinski definition) is 2. The summed E-state index contributed by atoms with van der Waals surface area (Å²) in [4.78, 5) is 50.4. The fourth-order valence-corrected chi connectivity index (χ4v) is 4.10. The van der Waals surface area contributed by atoms with E-state index in [-0.39, 0.29) is 37.2 Å². The zero-order valence-electron chi connectivity index (χ0n) is 16.5. The molecule has 0 unspecified atom stereocenters. The standard InChI is InChI=1S/C21H27N3O4/c1-14-7-6-8-16(15(14)2)23-17(25)12-22-18(26)13-24-19(27)11-21(20(24)28)9-4-3-5-10-21/h6-8H,3-5,9-13H2,1-2H3,(H,22,26)(H,23,25). The van der Waals surface area contributed by atoms with Gasteiger partial charge in [-0.25, -0.2) is 0 Å². The maximum atomic E-state index is 12.7. The molecule has 2 aliphatic rings. The molecule has 7 heteroatoms. The zero-order chi connectivity index (χ0) is 20.3. The van der Waals surface area contributed by atoms with Gasteiger partial charge >= 0.3 is 0 Å². The molecule has 0 radical (unpaired) electrons. The van der Waals surface area contributed by atoms with Crippen LogP contribution in [0.15, 0.2) is 18.2 Å². The van der Waals surface area contributed by atoms with Gasteiger partial charge in [0, 0.05) is 12.1 Å². The lowest BCUT2D eigenvalue weighted by Gasteiger charge is -2.30. The predicted molar refractivity (Wildman–Crippen MR) is 104 cm³/mol. The first-order valence-corrected chi connectivity index (χ1v) is 9.80. The molecular formula is C21H27N3O4. The van der Waals surface area contributed by atoms with E-state index in [4.69, 9.17) is 0 Å². The molecule has 4 amide bonds. The van der Waals surface area contributed by atoms with Gasteiger partial charge in [0.1, 0.15) is 6.54 Å². The summed E-state index contributed by atoms with van der Waals surface area (Å²) in [5.41, 5.74) is 2.12. The summed E-state index contributed by atoms with van der Waals surface area (Å²) >= 11 is 0. The highest BCUT2D eigenvalue weighted by Crippen LogP contribution is 2.45. The van der Waals surface area contributed by atoms with Crippen LogP contribution in [-0.4, -0.2) is 41.6 Å². The minimum absolute atomic E-state index is 0.201. The number of hydrogen-bond acceptors (Lipinski definition) is 4. The highest BCUT2D eigenvalue weighted by Gasteiger charge is 2.51. The number of rotatable bonds is 5. The fourth-order valence-electron chi connectivity index (χ4n) is 4.10. The summed E-state index contributed by atoms with van der Waals surface area (Å²) < 4.78 is 0. The molecule has 1 spiro atoms. The molecule has 7 nitrogen and oxygen atoms in total. The van der Waals surface area contributed by atoms with Crippen LogP contribution in [0.1, 0.15) is 49.7 Å². The lowest BCUT2D eigenvalue weighted by molar-refractivity contribution is -0.145. The van der Waals surface area contributed by atoms with Crippen LogP contribution in [0.5, 0.6) is 0 Å². The minimum atomic E-state index is -0.602. The third-order valence-electron chi connectivity index (χ3n) is 5.93. The number of amides is 4. The maximum absolute atomic E-state index is 12.7. The first-order chi connectivity index (χ1) is 13.3. The second kappa shape index (κ2) is 8.12. The van der Waals surface area contributed by atoms with Crippen LogP contribution >= 0.6 is 0 Å². The molecule has 1 saturated carbocycles. The molecule has 2 fully saturated rings. The molecule has 0 atom stereocenters. The van der Waals surface area contributed by atoms with Crippen LogP contribution in [0, 0.1) is 19.3 Å². The third-order valence-corrected chi connectivity index (χ3v) is 5.93. The number of anilines is 1. The van der Waals surface area contributed by atoms with Crippen molar-refractivity contribution in [3.63, 3.8) is 0 Å². The Kier molecular flexibility index (Phi) is 5.82. The zero-order valence-corrected chi connectivity index (χ0v) is 16.5. The minimum Gasteiger partial charge on any atom is -0.345 e. The number of nitrogens with one attached hydrogen (secondary N) is 2. The monoisotopic (exact) mass is 385 g/mol. The van der Waals surface area contributed by atoms with E-state index in [1.165, 1.54) is 0 Å². The van der Waals surface area contributed by atoms with Gasteiger partial charge in [0.2, 0.25) is 23.6 Å². The van der Waals surface area contributed by atoms with Crippen LogP contribution in [-0.2, 0) is 19.2 Å². The Morgan fingerprint density at radius 2 is 1.79 bits per heavy atom. The molecule has 1 heterocycles. The number of benzene rings is 1. The Hall–Kier alpha value is -2.70. The second-order valence-corrected chi connectivity index (χ2v) is 7.88. The van der Waals surface area contributed by atoms with Gasteiger partial charge in [-0.05, 0) is 43.9 Å². The van der Waals surface area contributed by atoms with Gasteiger partial charge in [-0.15, -0.1) is 0 Å². The van der Waals surface area contributed by atoms with Gasteiger partial charge < -0.3 is 10.6 Å². The quantitative estimate of drug-likeness (QED) is 0.759. The van der Waals surface area contributed by atoms with E-state index in [2.05, 4.69) is 10.6 Å². The van der Waals surface area contributed by atoms with Gasteiger partial charge in [-0.1, -0.05) is 31.4 Å². The van der Waals surface area contributed by atoms with Crippen molar-refractivity contribution in [1.82, 2.24) is 10.2 Å². The van der Waals surface area contributed by atoms with Crippen LogP contribution in [0.3, 0.4) is 0 Å². The van der Waals surface area contributed by atoms with E-state index in [9.17, 15) is 19.2 Å². The fraction of sp³-hybridized carbons (Fsp3) is 0.524. The lowest BCUT2D eigenvalue weighted by Crippen LogP contribution is -2.44. The van der Waals surface area contributed by atoms with Crippen molar-refractivity contribution in [2.24, 2.45) is 5.41 Å². The molecule has 0 bridgehead atoms. The van der Waals surface area contributed by atoms with Gasteiger partial charge in [0.05, 0.1) is 12.0 Å². The van der Waals surface area contributed by atoms with Crippen LogP contribution in [0.4, 0.5) is 5.69 Å². The highest BCUT2D eigenvalue weighted by molar-refractivity contribution is 6.08. The van der Waals surface area contributed by atoms with E-state index in [0.29, 0.717) is 18.5 Å². The average molecular weight is 385 g/mol. The number of imide groups is 1. The van der Waals surface area contributed by atoms with E-state index < -0.39 is 11.3 Å². The molecule has 1 aliphatic heterocycles. The number of carbonyl (C=O) groups is 4.